The van der Waals surface area contributed by atoms with Gasteiger partial charge in [-0.05, 0) is 19.0 Å². The van der Waals surface area contributed by atoms with Gasteiger partial charge < -0.3 is 5.32 Å². The summed E-state index contributed by atoms with van der Waals surface area (Å²) in [7, 11) is 0. The van der Waals surface area contributed by atoms with Crippen LogP contribution < -0.4 is 5.32 Å². The van der Waals surface area contributed by atoms with Crippen molar-refractivity contribution in [2.75, 3.05) is 11.9 Å². The molecule has 0 amide bonds. The summed E-state index contributed by atoms with van der Waals surface area (Å²) in [5, 5.41) is 4.28. The first-order valence-corrected chi connectivity index (χ1v) is 5.95. The monoisotopic (exact) mass is 279 g/mol. The molecule has 0 aliphatic heterocycles. The summed E-state index contributed by atoms with van der Waals surface area (Å²) in [5.41, 5.74) is 0.618. The van der Waals surface area contributed by atoms with E-state index in [0.717, 1.165) is 18.3 Å². The summed E-state index contributed by atoms with van der Waals surface area (Å²) in [6.45, 7) is 1.40. The minimum atomic E-state index is -0.319. The molecule has 0 spiro atoms. The van der Waals surface area contributed by atoms with Crippen molar-refractivity contribution in [3.8, 4) is 0 Å². The van der Waals surface area contributed by atoms with Crippen molar-refractivity contribution in [3.05, 3.63) is 34.6 Å². The molecular weight excluding hydrogens is 268 g/mol. The molecule has 14 heavy (non-hydrogen) atoms. The van der Waals surface area contributed by atoms with Gasteiger partial charge in [0.15, 0.2) is 0 Å². The lowest BCUT2D eigenvalue weighted by atomic mass is 10.2. The predicted octanol–water partition coefficient (Wildman–Crippen LogP) is 3.35. The lowest BCUT2D eigenvalue weighted by molar-refractivity contribution is 0.587. The van der Waals surface area contributed by atoms with E-state index in [9.17, 15) is 4.39 Å². The van der Waals surface area contributed by atoms with Gasteiger partial charge in [0.25, 0.3) is 0 Å². The second kappa shape index (κ2) is 6.38. The average molecular weight is 281 g/mol. The molecule has 4 heteroatoms. The topological polar surface area (TPSA) is 12.0 Å². The van der Waals surface area contributed by atoms with E-state index >= 15 is 0 Å². The van der Waals surface area contributed by atoms with Crippen LogP contribution >= 0.6 is 27.5 Å². The van der Waals surface area contributed by atoms with Crippen LogP contribution in [0.1, 0.15) is 12.0 Å². The van der Waals surface area contributed by atoms with Crippen molar-refractivity contribution >= 4 is 27.5 Å². The summed E-state index contributed by atoms with van der Waals surface area (Å²) in [6.07, 6.45) is 1.03. The Labute approximate surface area is 96.8 Å². The number of benzene rings is 1. The molecule has 78 valence electrons. The Bertz CT molecular complexity index is 293. The second-order valence-electron chi connectivity index (χ2n) is 2.93. The fourth-order valence-corrected chi connectivity index (χ4v) is 1.57. The normalized spacial score (nSPS) is 10.5. The van der Waals surface area contributed by atoms with Gasteiger partial charge in [0.2, 0.25) is 0 Å². The van der Waals surface area contributed by atoms with E-state index in [1.165, 1.54) is 0 Å². The van der Waals surface area contributed by atoms with Crippen LogP contribution in [0.4, 0.5) is 4.39 Å². The summed E-state index contributed by atoms with van der Waals surface area (Å²) in [6, 6.07) is 5.05. The first-order valence-electron chi connectivity index (χ1n) is 4.45. The van der Waals surface area contributed by atoms with E-state index in [0.29, 0.717) is 12.1 Å². The van der Waals surface area contributed by atoms with E-state index in [4.69, 9.17) is 11.6 Å². The first kappa shape index (κ1) is 12.0. The lowest BCUT2D eigenvalue weighted by Crippen LogP contribution is -2.15. The van der Waals surface area contributed by atoms with Crippen molar-refractivity contribution in [1.29, 1.82) is 0 Å². The van der Waals surface area contributed by atoms with Crippen LogP contribution in [0.3, 0.4) is 0 Å². The summed E-state index contributed by atoms with van der Waals surface area (Å²) >= 11 is 8.97. The third-order valence-electron chi connectivity index (χ3n) is 1.83. The standard InChI is InChI=1S/C10H12BrClFN/c11-5-2-6-14-7-8-3-1-4-9(12)10(8)13/h1,3-4,14H,2,5-7H2. The van der Waals surface area contributed by atoms with Crippen LogP contribution in [0.2, 0.25) is 5.02 Å². The summed E-state index contributed by atoms with van der Waals surface area (Å²) in [5.74, 6) is -0.319. The van der Waals surface area contributed by atoms with Gasteiger partial charge in [-0.25, -0.2) is 4.39 Å². The Morgan fingerprint density at radius 2 is 2.21 bits per heavy atom. The largest absolute Gasteiger partial charge is 0.313 e. The van der Waals surface area contributed by atoms with Crippen LogP contribution in [0.25, 0.3) is 0 Å². The molecule has 0 fully saturated rings. The number of alkyl halides is 1. The van der Waals surface area contributed by atoms with Gasteiger partial charge in [0, 0.05) is 17.4 Å². The van der Waals surface area contributed by atoms with Crippen LogP contribution in [0.5, 0.6) is 0 Å². The minimum Gasteiger partial charge on any atom is -0.313 e. The molecule has 0 saturated carbocycles. The smallest absolute Gasteiger partial charge is 0.146 e. The maximum atomic E-state index is 13.3. The molecule has 1 N–H and O–H groups in total. The number of rotatable bonds is 5. The molecule has 1 aromatic rings. The quantitative estimate of drug-likeness (QED) is 0.644. The molecule has 0 aliphatic carbocycles. The molecule has 0 bridgehead atoms. The minimum absolute atomic E-state index is 0.185. The van der Waals surface area contributed by atoms with Gasteiger partial charge in [0.05, 0.1) is 5.02 Å². The maximum absolute atomic E-state index is 13.3. The van der Waals surface area contributed by atoms with Crippen LogP contribution in [-0.2, 0) is 6.54 Å². The third-order valence-corrected chi connectivity index (χ3v) is 2.69. The summed E-state index contributed by atoms with van der Waals surface area (Å²) < 4.78 is 13.3. The van der Waals surface area contributed by atoms with Crippen molar-refractivity contribution in [3.63, 3.8) is 0 Å². The molecule has 0 saturated heterocycles. The molecule has 0 atom stereocenters. The Morgan fingerprint density at radius 1 is 1.43 bits per heavy atom. The zero-order chi connectivity index (χ0) is 10.4. The van der Waals surface area contributed by atoms with E-state index in [-0.39, 0.29) is 10.8 Å². The lowest BCUT2D eigenvalue weighted by Gasteiger charge is -2.05. The SMILES string of the molecule is Fc1c(Cl)cccc1CNCCCBr. The molecule has 1 rings (SSSR count). The Kier molecular flexibility index (Phi) is 5.45. The Hall–Kier alpha value is -0.120. The highest BCUT2D eigenvalue weighted by Gasteiger charge is 2.04. The fraction of sp³-hybridized carbons (Fsp3) is 0.400. The molecule has 0 unspecified atom stereocenters. The number of nitrogens with one attached hydrogen (secondary N) is 1. The molecule has 0 aromatic heterocycles. The van der Waals surface area contributed by atoms with E-state index in [2.05, 4.69) is 21.2 Å². The van der Waals surface area contributed by atoms with Crippen LogP contribution in [0, 0.1) is 5.82 Å². The predicted molar refractivity (Wildman–Crippen MR) is 61.5 cm³/mol. The molecule has 0 heterocycles. The van der Waals surface area contributed by atoms with Crippen LogP contribution in [-0.4, -0.2) is 11.9 Å². The van der Waals surface area contributed by atoms with Crippen molar-refractivity contribution in [2.45, 2.75) is 13.0 Å². The van der Waals surface area contributed by atoms with Gasteiger partial charge in [-0.15, -0.1) is 0 Å². The maximum Gasteiger partial charge on any atom is 0.146 e. The molecule has 1 aromatic carbocycles. The van der Waals surface area contributed by atoms with Crippen molar-refractivity contribution in [1.82, 2.24) is 5.32 Å². The number of halogens is 3. The third kappa shape index (κ3) is 3.56. The Balaban J connectivity index is 2.46. The van der Waals surface area contributed by atoms with Gasteiger partial charge in [0.1, 0.15) is 5.82 Å². The second-order valence-corrected chi connectivity index (χ2v) is 4.13. The van der Waals surface area contributed by atoms with Gasteiger partial charge >= 0.3 is 0 Å². The van der Waals surface area contributed by atoms with E-state index in [1.54, 1.807) is 18.2 Å². The zero-order valence-electron chi connectivity index (χ0n) is 7.69. The highest BCUT2D eigenvalue weighted by Crippen LogP contribution is 2.17. The molecule has 0 radical (unpaired) electrons. The fourth-order valence-electron chi connectivity index (χ4n) is 1.10. The van der Waals surface area contributed by atoms with Gasteiger partial charge in [-0.3, -0.25) is 0 Å². The number of hydrogen-bond donors (Lipinski definition) is 1. The van der Waals surface area contributed by atoms with Gasteiger partial charge in [-0.1, -0.05) is 39.7 Å². The first-order chi connectivity index (χ1) is 6.75. The van der Waals surface area contributed by atoms with E-state index < -0.39 is 0 Å². The zero-order valence-corrected chi connectivity index (χ0v) is 10.0. The highest BCUT2D eigenvalue weighted by molar-refractivity contribution is 9.09. The Morgan fingerprint density at radius 3 is 2.93 bits per heavy atom. The van der Waals surface area contributed by atoms with Crippen molar-refractivity contribution in [2.24, 2.45) is 0 Å². The molecular formula is C10H12BrClFN. The van der Waals surface area contributed by atoms with Gasteiger partial charge in [-0.2, -0.15) is 0 Å². The average Bonchev–Trinajstić information content (AvgIpc) is 2.19. The van der Waals surface area contributed by atoms with E-state index in [1.807, 2.05) is 0 Å². The highest BCUT2D eigenvalue weighted by atomic mass is 79.9. The number of hydrogen-bond acceptors (Lipinski definition) is 1. The van der Waals surface area contributed by atoms with Crippen molar-refractivity contribution < 1.29 is 4.39 Å². The summed E-state index contributed by atoms with van der Waals surface area (Å²) in [4.78, 5) is 0. The molecule has 1 nitrogen and oxygen atoms in total. The molecule has 0 aliphatic rings. The van der Waals surface area contributed by atoms with Crippen LogP contribution in [0.15, 0.2) is 18.2 Å².